The number of cyclic esters (lactones) is 1. The van der Waals surface area contributed by atoms with Crippen molar-refractivity contribution in [3.63, 3.8) is 0 Å². The Morgan fingerprint density at radius 3 is 2.89 bits per heavy atom. The Bertz CT molecular complexity index is 464. The lowest BCUT2D eigenvalue weighted by Crippen LogP contribution is -2.24. The number of anilines is 1. The minimum atomic E-state index is -0.298. The van der Waals surface area contributed by atoms with Gasteiger partial charge in [0.1, 0.15) is 17.9 Å². The molecule has 0 unspecified atom stereocenters. The van der Waals surface area contributed by atoms with Crippen molar-refractivity contribution in [2.75, 3.05) is 11.9 Å². The molecule has 1 saturated heterocycles. The van der Waals surface area contributed by atoms with E-state index in [1.165, 1.54) is 0 Å². The molecule has 0 radical (unpaired) electrons. The van der Waals surface area contributed by atoms with Crippen molar-refractivity contribution in [2.45, 2.75) is 38.8 Å². The van der Waals surface area contributed by atoms with E-state index >= 15 is 0 Å². The highest BCUT2D eigenvalue weighted by atomic mass is 35.5. The molecule has 0 aliphatic carbocycles. The largest absolute Gasteiger partial charge is 0.492 e. The first-order chi connectivity index (χ1) is 9.10. The molecule has 0 amide bonds. The molecule has 1 fully saturated rings. The fraction of sp³-hybridized carbons (Fsp3) is 0.500. The normalized spacial score (nSPS) is 22.2. The highest BCUT2D eigenvalue weighted by Gasteiger charge is 2.31. The molecule has 0 saturated carbocycles. The van der Waals surface area contributed by atoms with Gasteiger partial charge in [-0.1, -0.05) is 18.5 Å². The van der Waals surface area contributed by atoms with E-state index in [1.807, 2.05) is 26.0 Å². The van der Waals surface area contributed by atoms with Gasteiger partial charge in [0.15, 0.2) is 0 Å². The monoisotopic (exact) mass is 283 g/mol. The summed E-state index contributed by atoms with van der Waals surface area (Å²) < 4.78 is 10.6. The van der Waals surface area contributed by atoms with E-state index in [-0.39, 0.29) is 18.1 Å². The van der Waals surface area contributed by atoms with Crippen molar-refractivity contribution in [1.29, 1.82) is 0 Å². The van der Waals surface area contributed by atoms with Gasteiger partial charge < -0.3 is 14.8 Å². The molecule has 1 aromatic rings. The summed E-state index contributed by atoms with van der Waals surface area (Å²) in [5, 5.41) is 3.67. The van der Waals surface area contributed by atoms with Crippen molar-refractivity contribution < 1.29 is 14.3 Å². The minimum Gasteiger partial charge on any atom is -0.492 e. The van der Waals surface area contributed by atoms with Crippen LogP contribution in [0.15, 0.2) is 18.2 Å². The van der Waals surface area contributed by atoms with E-state index in [0.717, 1.165) is 12.1 Å². The summed E-state index contributed by atoms with van der Waals surface area (Å²) in [5.74, 6) is 0.450. The lowest BCUT2D eigenvalue weighted by molar-refractivity contribution is -0.141. The molecule has 1 aliphatic rings. The SMILES string of the molecule is CCCOc1ccc(N[C@@H]2C[C@@H](C)OC2=O)cc1Cl. The zero-order chi connectivity index (χ0) is 13.8. The standard InChI is InChI=1S/C14H18ClNO3/c1-3-6-18-13-5-4-10(8-11(13)15)16-12-7-9(2)19-14(12)17/h4-5,8-9,12,16H,3,6-7H2,1-2H3/t9-,12-/m1/s1. The molecule has 0 bridgehead atoms. The van der Waals surface area contributed by atoms with Gasteiger partial charge in [0.05, 0.1) is 11.6 Å². The minimum absolute atomic E-state index is 0.0346. The summed E-state index contributed by atoms with van der Waals surface area (Å²) in [6.45, 7) is 4.56. The third-order valence-corrected chi connectivity index (χ3v) is 3.20. The Labute approximate surface area is 118 Å². The molecule has 19 heavy (non-hydrogen) atoms. The summed E-state index contributed by atoms with van der Waals surface area (Å²) in [5.41, 5.74) is 0.796. The molecule has 1 aromatic carbocycles. The number of carbonyl (C=O) groups excluding carboxylic acids is 1. The number of nitrogens with one attached hydrogen (secondary N) is 1. The molecule has 0 spiro atoms. The smallest absolute Gasteiger partial charge is 0.328 e. The third-order valence-electron chi connectivity index (χ3n) is 2.90. The Hall–Kier alpha value is -1.42. The zero-order valence-electron chi connectivity index (χ0n) is 11.1. The average Bonchev–Trinajstić information content (AvgIpc) is 2.67. The molecule has 104 valence electrons. The maximum Gasteiger partial charge on any atom is 0.328 e. The Morgan fingerprint density at radius 1 is 1.53 bits per heavy atom. The molecule has 2 atom stereocenters. The number of hydrogen-bond acceptors (Lipinski definition) is 4. The molecule has 2 rings (SSSR count). The number of esters is 1. The second-order valence-electron chi connectivity index (χ2n) is 4.67. The molecule has 0 aromatic heterocycles. The van der Waals surface area contributed by atoms with Gasteiger partial charge in [-0.25, -0.2) is 4.79 Å². The average molecular weight is 284 g/mol. The summed E-state index contributed by atoms with van der Waals surface area (Å²) in [6, 6.07) is 5.13. The van der Waals surface area contributed by atoms with Crippen LogP contribution in [0.3, 0.4) is 0 Å². The van der Waals surface area contributed by atoms with Gasteiger partial charge >= 0.3 is 5.97 Å². The van der Waals surface area contributed by atoms with Crippen LogP contribution in [-0.2, 0) is 9.53 Å². The van der Waals surface area contributed by atoms with Gasteiger partial charge in [0, 0.05) is 12.1 Å². The fourth-order valence-electron chi connectivity index (χ4n) is 2.00. The van der Waals surface area contributed by atoms with Gasteiger partial charge in [-0.15, -0.1) is 0 Å². The van der Waals surface area contributed by atoms with Crippen molar-refractivity contribution in [3.05, 3.63) is 23.2 Å². The van der Waals surface area contributed by atoms with Crippen molar-refractivity contribution >= 4 is 23.3 Å². The van der Waals surface area contributed by atoms with Crippen LogP contribution in [0.25, 0.3) is 0 Å². The van der Waals surface area contributed by atoms with Crippen LogP contribution in [0.5, 0.6) is 5.75 Å². The van der Waals surface area contributed by atoms with Crippen LogP contribution in [0.2, 0.25) is 5.02 Å². The van der Waals surface area contributed by atoms with E-state index in [2.05, 4.69) is 5.32 Å². The molecular weight excluding hydrogens is 266 g/mol. The summed E-state index contributed by atoms with van der Waals surface area (Å²) in [6.07, 6.45) is 1.57. The first kappa shape index (κ1) is 14.0. The second-order valence-corrected chi connectivity index (χ2v) is 5.08. The summed E-state index contributed by atoms with van der Waals surface area (Å²) in [4.78, 5) is 11.5. The predicted octanol–water partition coefficient (Wildman–Crippen LogP) is 3.24. The van der Waals surface area contributed by atoms with Crippen molar-refractivity contribution in [3.8, 4) is 5.75 Å². The van der Waals surface area contributed by atoms with Gasteiger partial charge in [-0.2, -0.15) is 0 Å². The van der Waals surface area contributed by atoms with Gasteiger partial charge in [-0.05, 0) is 31.5 Å². The molecule has 4 nitrogen and oxygen atoms in total. The van der Waals surface area contributed by atoms with E-state index < -0.39 is 0 Å². The molecule has 5 heteroatoms. The fourth-order valence-corrected chi connectivity index (χ4v) is 2.23. The molecule has 1 N–H and O–H groups in total. The van der Waals surface area contributed by atoms with Crippen LogP contribution in [0.1, 0.15) is 26.7 Å². The van der Waals surface area contributed by atoms with Crippen LogP contribution in [0, 0.1) is 0 Å². The van der Waals surface area contributed by atoms with E-state index in [0.29, 0.717) is 23.8 Å². The number of carbonyl (C=O) groups is 1. The first-order valence-corrected chi connectivity index (χ1v) is 6.87. The van der Waals surface area contributed by atoms with Crippen molar-refractivity contribution in [1.82, 2.24) is 0 Å². The topological polar surface area (TPSA) is 47.6 Å². The van der Waals surface area contributed by atoms with Gasteiger partial charge in [-0.3, -0.25) is 0 Å². The van der Waals surface area contributed by atoms with Crippen molar-refractivity contribution in [2.24, 2.45) is 0 Å². The molecule has 1 heterocycles. The summed E-state index contributed by atoms with van der Waals surface area (Å²) >= 11 is 6.13. The number of halogens is 1. The van der Waals surface area contributed by atoms with Crippen LogP contribution < -0.4 is 10.1 Å². The quantitative estimate of drug-likeness (QED) is 0.843. The van der Waals surface area contributed by atoms with Crippen LogP contribution >= 0.6 is 11.6 Å². The maximum absolute atomic E-state index is 11.5. The third kappa shape index (κ3) is 3.53. The van der Waals surface area contributed by atoms with E-state index in [9.17, 15) is 4.79 Å². The lowest BCUT2D eigenvalue weighted by Gasteiger charge is -2.12. The van der Waals surface area contributed by atoms with Crippen LogP contribution in [-0.4, -0.2) is 24.7 Å². The highest BCUT2D eigenvalue weighted by molar-refractivity contribution is 6.32. The maximum atomic E-state index is 11.5. The number of benzene rings is 1. The molecule has 1 aliphatic heterocycles. The van der Waals surface area contributed by atoms with Gasteiger partial charge in [0.25, 0.3) is 0 Å². The summed E-state index contributed by atoms with van der Waals surface area (Å²) in [7, 11) is 0. The van der Waals surface area contributed by atoms with Crippen LogP contribution in [0.4, 0.5) is 5.69 Å². The predicted molar refractivity (Wildman–Crippen MR) is 74.8 cm³/mol. The Balaban J connectivity index is 2.02. The first-order valence-electron chi connectivity index (χ1n) is 6.49. The Kier molecular flexibility index (Phi) is 4.53. The zero-order valence-corrected chi connectivity index (χ0v) is 11.9. The number of ether oxygens (including phenoxy) is 2. The lowest BCUT2D eigenvalue weighted by atomic mass is 10.2. The number of rotatable bonds is 5. The number of hydrogen-bond donors (Lipinski definition) is 1. The molecular formula is C14H18ClNO3. The highest BCUT2D eigenvalue weighted by Crippen LogP contribution is 2.29. The van der Waals surface area contributed by atoms with Gasteiger partial charge in [0.2, 0.25) is 0 Å². The second kappa shape index (κ2) is 6.15. The van der Waals surface area contributed by atoms with E-state index in [4.69, 9.17) is 21.1 Å². The Morgan fingerprint density at radius 2 is 2.32 bits per heavy atom. The van der Waals surface area contributed by atoms with E-state index in [1.54, 1.807) is 6.07 Å².